The summed E-state index contributed by atoms with van der Waals surface area (Å²) in [4.78, 5) is 11.1. The van der Waals surface area contributed by atoms with Gasteiger partial charge in [0.2, 0.25) is 6.29 Å². The molecule has 2 aromatic rings. The normalized spacial score (nSPS) is 25.0. The number of nitrogens with two attached hydrogens (primary N) is 1. The zero-order valence-electron chi connectivity index (χ0n) is 19.5. The molecule has 2 aliphatic rings. The van der Waals surface area contributed by atoms with Crippen molar-refractivity contribution in [2.24, 2.45) is 11.7 Å². The van der Waals surface area contributed by atoms with Crippen LogP contribution in [0.15, 0.2) is 42.5 Å². The lowest BCUT2D eigenvalue weighted by molar-refractivity contribution is -0.227. The maximum absolute atomic E-state index is 12.5. The van der Waals surface area contributed by atoms with Crippen molar-refractivity contribution in [3.63, 3.8) is 0 Å². The monoisotopic (exact) mass is 493 g/mol. The number of aryl methyl sites for hydroxylation is 1. The van der Waals surface area contributed by atoms with E-state index in [-0.39, 0.29) is 18.8 Å². The van der Waals surface area contributed by atoms with E-state index in [0.717, 1.165) is 36.3 Å². The smallest absolute Gasteiger partial charge is 0.491 e. The number of aliphatic hydroxyl groups is 1. The summed E-state index contributed by atoms with van der Waals surface area (Å²) in [6, 6.07) is 13.8. The van der Waals surface area contributed by atoms with Gasteiger partial charge in [-0.2, -0.15) is 13.2 Å². The van der Waals surface area contributed by atoms with E-state index >= 15 is 0 Å². The van der Waals surface area contributed by atoms with Gasteiger partial charge in [-0.3, -0.25) is 0 Å². The summed E-state index contributed by atoms with van der Waals surface area (Å²) in [7, 11) is 1.62. The first-order valence-electron chi connectivity index (χ1n) is 11.7. The average molecular weight is 494 g/mol. The molecule has 0 aromatic heterocycles. The van der Waals surface area contributed by atoms with Gasteiger partial charge in [-0.15, -0.1) is 0 Å². The highest BCUT2D eigenvalue weighted by molar-refractivity contribution is 5.75. The van der Waals surface area contributed by atoms with Gasteiger partial charge >= 0.3 is 12.1 Å². The Bertz CT molecular complexity index is 1060. The van der Waals surface area contributed by atoms with Crippen LogP contribution in [0.4, 0.5) is 13.2 Å². The number of carbonyl (C=O) groups excluding carboxylic acids is 1. The Labute approximate surface area is 202 Å². The molecule has 4 rings (SSSR count). The Balaban J connectivity index is 1.34. The Morgan fingerprint density at radius 1 is 1.17 bits per heavy atom. The third-order valence-electron chi connectivity index (χ3n) is 7.09. The molecular formula is C26H30F3NO5. The van der Waals surface area contributed by atoms with Crippen LogP contribution in [0, 0.1) is 5.92 Å². The SMILES string of the molecule is COc1cccc(OC[C@@H]2CCc3cc([C@@H]4CC[C@](N)(C(O)OC(=O)C(F)(F)F)C4)ccc3C2)c1. The molecule has 2 aromatic carbocycles. The van der Waals surface area contributed by atoms with E-state index < -0.39 is 24.0 Å². The largest absolute Gasteiger partial charge is 0.497 e. The number of methoxy groups -OCH3 is 1. The number of alkyl halides is 3. The maximum Gasteiger partial charge on any atom is 0.491 e. The van der Waals surface area contributed by atoms with Crippen LogP contribution in [0.25, 0.3) is 0 Å². The summed E-state index contributed by atoms with van der Waals surface area (Å²) in [5, 5.41) is 10.1. The van der Waals surface area contributed by atoms with E-state index in [1.807, 2.05) is 30.3 Å². The summed E-state index contributed by atoms with van der Waals surface area (Å²) in [6.45, 7) is 0.612. The van der Waals surface area contributed by atoms with E-state index in [0.29, 0.717) is 18.9 Å². The number of fused-ring (bicyclic) bond motifs is 1. The highest BCUT2D eigenvalue weighted by Gasteiger charge is 2.48. The van der Waals surface area contributed by atoms with Gasteiger partial charge in [-0.1, -0.05) is 24.3 Å². The second-order valence-corrected chi connectivity index (χ2v) is 9.56. The standard InChI is InChI=1S/C26H30F3NO5/c1-33-21-3-2-4-22(13-21)34-15-16-5-6-18-12-19(8-7-17(18)11-16)20-9-10-25(30,14-20)23(31)35-24(32)26(27,28)29/h2-4,7-8,12-13,16,20,23,31H,5-6,9-11,14-15,30H2,1H3/t16-,20-,23?,25-/m1/s1. The maximum atomic E-state index is 12.5. The van der Waals surface area contributed by atoms with Gasteiger partial charge in [0, 0.05) is 6.07 Å². The second-order valence-electron chi connectivity index (χ2n) is 9.56. The topological polar surface area (TPSA) is 91.0 Å². The van der Waals surface area contributed by atoms with Gasteiger partial charge in [0.1, 0.15) is 11.5 Å². The first kappa shape index (κ1) is 25.3. The highest BCUT2D eigenvalue weighted by atomic mass is 19.4. The second kappa shape index (κ2) is 10.1. The molecule has 2 aliphatic carbocycles. The molecule has 9 heteroatoms. The number of aliphatic hydroxyl groups excluding tert-OH is 1. The molecule has 3 N–H and O–H groups in total. The fourth-order valence-electron chi connectivity index (χ4n) is 5.05. The Morgan fingerprint density at radius 2 is 1.94 bits per heavy atom. The fraction of sp³-hybridized carbons (Fsp3) is 0.500. The number of halogens is 3. The zero-order valence-corrected chi connectivity index (χ0v) is 19.5. The van der Waals surface area contributed by atoms with Crippen molar-refractivity contribution >= 4 is 5.97 Å². The van der Waals surface area contributed by atoms with Crippen LogP contribution >= 0.6 is 0 Å². The number of esters is 1. The van der Waals surface area contributed by atoms with E-state index in [1.54, 1.807) is 7.11 Å². The minimum Gasteiger partial charge on any atom is -0.497 e. The first-order chi connectivity index (χ1) is 16.6. The van der Waals surface area contributed by atoms with E-state index in [2.05, 4.69) is 16.9 Å². The summed E-state index contributed by atoms with van der Waals surface area (Å²) < 4.78 is 52.8. The minimum absolute atomic E-state index is 0.0290. The molecule has 0 aliphatic heterocycles. The Kier molecular flexibility index (Phi) is 7.28. The van der Waals surface area contributed by atoms with Crippen LogP contribution in [0.3, 0.4) is 0 Å². The van der Waals surface area contributed by atoms with E-state index in [4.69, 9.17) is 15.2 Å². The van der Waals surface area contributed by atoms with Gasteiger partial charge in [0.15, 0.2) is 0 Å². The van der Waals surface area contributed by atoms with Gasteiger partial charge in [0.25, 0.3) is 0 Å². The van der Waals surface area contributed by atoms with Crippen LogP contribution in [-0.2, 0) is 22.4 Å². The minimum atomic E-state index is -5.18. The molecule has 1 unspecified atom stereocenters. The molecule has 4 atom stereocenters. The molecule has 0 radical (unpaired) electrons. The molecule has 0 bridgehead atoms. The zero-order chi connectivity index (χ0) is 25.2. The Morgan fingerprint density at radius 3 is 2.69 bits per heavy atom. The van der Waals surface area contributed by atoms with Crippen molar-refractivity contribution in [1.29, 1.82) is 0 Å². The average Bonchev–Trinajstić information content (AvgIpc) is 3.25. The summed E-state index contributed by atoms with van der Waals surface area (Å²) >= 11 is 0. The Hall–Kier alpha value is -2.78. The van der Waals surface area contributed by atoms with E-state index in [9.17, 15) is 23.1 Å². The number of rotatable bonds is 7. The van der Waals surface area contributed by atoms with Crippen LogP contribution in [0.1, 0.15) is 48.3 Å². The van der Waals surface area contributed by atoms with Gasteiger partial charge in [-0.25, -0.2) is 4.79 Å². The molecule has 35 heavy (non-hydrogen) atoms. The van der Waals surface area contributed by atoms with Gasteiger partial charge in [0.05, 0.1) is 19.3 Å². The first-order valence-corrected chi connectivity index (χ1v) is 11.7. The van der Waals surface area contributed by atoms with E-state index in [1.165, 1.54) is 11.1 Å². The van der Waals surface area contributed by atoms with Crippen molar-refractivity contribution < 1.29 is 37.3 Å². The highest BCUT2D eigenvalue weighted by Crippen LogP contribution is 2.43. The molecule has 190 valence electrons. The lowest BCUT2D eigenvalue weighted by atomic mass is 9.82. The van der Waals surface area contributed by atoms with Crippen LogP contribution in [0.5, 0.6) is 11.5 Å². The van der Waals surface area contributed by atoms with Crippen LogP contribution < -0.4 is 15.2 Å². The molecular weight excluding hydrogens is 463 g/mol. The summed E-state index contributed by atoms with van der Waals surface area (Å²) in [6.07, 6.45) is -3.32. The summed E-state index contributed by atoms with van der Waals surface area (Å²) in [5.74, 6) is -0.541. The van der Waals surface area contributed by atoms with Crippen LogP contribution in [0.2, 0.25) is 0 Å². The molecule has 0 spiro atoms. The molecule has 0 heterocycles. The van der Waals surface area contributed by atoms with Crippen molar-refractivity contribution in [2.75, 3.05) is 13.7 Å². The quantitative estimate of drug-likeness (QED) is 0.442. The van der Waals surface area contributed by atoms with Crippen molar-refractivity contribution in [3.8, 4) is 11.5 Å². The summed E-state index contributed by atoms with van der Waals surface area (Å²) in [5.41, 5.74) is 8.30. The number of ether oxygens (including phenoxy) is 3. The van der Waals surface area contributed by atoms with Crippen molar-refractivity contribution in [3.05, 3.63) is 59.2 Å². The molecule has 0 amide bonds. The van der Waals surface area contributed by atoms with Crippen LogP contribution in [-0.4, -0.2) is 42.8 Å². The third kappa shape index (κ3) is 5.90. The molecule has 1 saturated carbocycles. The molecule has 6 nitrogen and oxygen atoms in total. The van der Waals surface area contributed by atoms with Gasteiger partial charge in [-0.05, 0) is 79.2 Å². The predicted molar refractivity (Wildman–Crippen MR) is 122 cm³/mol. The number of hydrogen-bond donors (Lipinski definition) is 2. The number of hydrogen-bond acceptors (Lipinski definition) is 6. The van der Waals surface area contributed by atoms with Gasteiger partial charge < -0.3 is 25.1 Å². The predicted octanol–water partition coefficient (Wildman–Crippen LogP) is 4.27. The van der Waals surface area contributed by atoms with Crippen molar-refractivity contribution in [1.82, 2.24) is 0 Å². The number of benzene rings is 2. The lowest BCUT2D eigenvalue weighted by Crippen LogP contribution is -2.51. The molecule has 0 saturated heterocycles. The number of carbonyl (C=O) groups is 1. The fourth-order valence-corrected chi connectivity index (χ4v) is 5.05. The third-order valence-corrected chi connectivity index (χ3v) is 7.09. The molecule has 1 fully saturated rings. The lowest BCUT2D eigenvalue weighted by Gasteiger charge is -2.30. The van der Waals surface area contributed by atoms with Crippen molar-refractivity contribution in [2.45, 2.75) is 62.4 Å².